The van der Waals surface area contributed by atoms with Gasteiger partial charge in [-0.2, -0.15) is 8.78 Å². The summed E-state index contributed by atoms with van der Waals surface area (Å²) >= 11 is 0. The van der Waals surface area contributed by atoms with Crippen molar-refractivity contribution in [3.63, 3.8) is 0 Å². The number of rotatable bonds is 7. The predicted octanol–water partition coefficient (Wildman–Crippen LogP) is 3.96. The van der Waals surface area contributed by atoms with Gasteiger partial charge in [0.1, 0.15) is 5.75 Å². The van der Waals surface area contributed by atoms with E-state index in [1.807, 2.05) is 0 Å². The van der Waals surface area contributed by atoms with E-state index in [0.717, 1.165) is 0 Å². The molecule has 1 amide bonds. The highest BCUT2D eigenvalue weighted by atomic mass is 19.3. The van der Waals surface area contributed by atoms with Crippen LogP contribution in [-0.2, 0) is 4.79 Å². The fourth-order valence-electron chi connectivity index (χ4n) is 2.04. The predicted molar refractivity (Wildman–Crippen MR) is 90.3 cm³/mol. The quantitative estimate of drug-likeness (QED) is 0.769. The number of hydrogen-bond donors (Lipinski definition) is 1. The van der Waals surface area contributed by atoms with Crippen molar-refractivity contribution in [2.75, 3.05) is 19.5 Å². The maximum Gasteiger partial charge on any atom is 0.387 e. The monoisotopic (exact) mass is 349 g/mol. The number of hydrogen-bond acceptors (Lipinski definition) is 4. The Labute approximate surface area is 143 Å². The van der Waals surface area contributed by atoms with Crippen molar-refractivity contribution in [2.24, 2.45) is 0 Å². The third-order valence-corrected chi connectivity index (χ3v) is 3.17. The Morgan fingerprint density at radius 2 is 1.88 bits per heavy atom. The highest BCUT2D eigenvalue weighted by Crippen LogP contribution is 2.29. The topological polar surface area (TPSA) is 56.8 Å². The molecule has 0 atom stereocenters. The van der Waals surface area contributed by atoms with Crippen molar-refractivity contribution in [1.29, 1.82) is 0 Å². The van der Waals surface area contributed by atoms with E-state index in [9.17, 15) is 13.6 Å². The smallest absolute Gasteiger partial charge is 0.387 e. The molecule has 1 N–H and O–H groups in total. The molecule has 0 heterocycles. The Bertz CT molecular complexity index is 762. The number of anilines is 1. The molecule has 2 rings (SSSR count). The average molecular weight is 349 g/mol. The third kappa shape index (κ3) is 5.49. The molecule has 0 aromatic heterocycles. The van der Waals surface area contributed by atoms with E-state index in [-0.39, 0.29) is 17.4 Å². The Kier molecular flexibility index (Phi) is 6.33. The van der Waals surface area contributed by atoms with Crippen LogP contribution in [0, 0.1) is 0 Å². The van der Waals surface area contributed by atoms with Crippen molar-refractivity contribution in [2.45, 2.75) is 6.61 Å². The average Bonchev–Trinajstić information content (AvgIpc) is 2.60. The maximum atomic E-state index is 12.3. The van der Waals surface area contributed by atoms with Crippen LogP contribution in [0.4, 0.5) is 14.5 Å². The van der Waals surface area contributed by atoms with Crippen molar-refractivity contribution in [3.8, 4) is 17.2 Å². The fourth-order valence-corrected chi connectivity index (χ4v) is 2.04. The van der Waals surface area contributed by atoms with Crippen LogP contribution in [0.3, 0.4) is 0 Å². The molecule has 7 heteroatoms. The van der Waals surface area contributed by atoms with Crippen molar-refractivity contribution in [3.05, 3.63) is 54.1 Å². The minimum Gasteiger partial charge on any atom is -0.497 e. The molecule has 2 aromatic carbocycles. The SMILES string of the molecule is COc1cccc(NC(=O)/C=C/c2ccc(OC(F)F)c(OC)c2)c1. The number of nitrogens with one attached hydrogen (secondary N) is 1. The molecule has 0 saturated heterocycles. The summed E-state index contributed by atoms with van der Waals surface area (Å²) in [4.78, 5) is 12.0. The van der Waals surface area contributed by atoms with Crippen LogP contribution in [0.5, 0.6) is 17.2 Å². The zero-order valence-electron chi connectivity index (χ0n) is 13.7. The van der Waals surface area contributed by atoms with Crippen LogP contribution in [0.1, 0.15) is 5.56 Å². The largest absolute Gasteiger partial charge is 0.497 e. The zero-order chi connectivity index (χ0) is 18.2. The lowest BCUT2D eigenvalue weighted by Crippen LogP contribution is -2.07. The Morgan fingerprint density at radius 3 is 2.56 bits per heavy atom. The van der Waals surface area contributed by atoms with Crippen molar-refractivity contribution >= 4 is 17.7 Å². The number of alkyl halides is 2. The van der Waals surface area contributed by atoms with Gasteiger partial charge in [0.15, 0.2) is 11.5 Å². The number of benzene rings is 2. The molecule has 0 spiro atoms. The molecular weight excluding hydrogens is 332 g/mol. The summed E-state index contributed by atoms with van der Waals surface area (Å²) in [6.45, 7) is -2.94. The molecule has 25 heavy (non-hydrogen) atoms. The molecule has 0 aliphatic rings. The van der Waals surface area contributed by atoms with Crippen LogP contribution < -0.4 is 19.5 Å². The summed E-state index contributed by atoms with van der Waals surface area (Å²) in [6.07, 6.45) is 2.85. The number of carbonyl (C=O) groups is 1. The summed E-state index contributed by atoms with van der Waals surface area (Å²) in [5, 5.41) is 2.69. The van der Waals surface area contributed by atoms with Gasteiger partial charge in [-0.05, 0) is 35.9 Å². The summed E-state index contributed by atoms with van der Waals surface area (Å²) in [7, 11) is 2.88. The standard InChI is InChI=1S/C18H17F2NO4/c1-23-14-5-3-4-13(11-14)21-17(22)9-7-12-6-8-15(25-18(19)20)16(10-12)24-2/h3-11,18H,1-2H3,(H,21,22)/b9-7+. The van der Waals surface area contributed by atoms with Gasteiger partial charge >= 0.3 is 6.61 Å². The number of methoxy groups -OCH3 is 2. The summed E-state index contributed by atoms with van der Waals surface area (Å²) in [5.41, 5.74) is 1.19. The second kappa shape index (κ2) is 8.68. The third-order valence-electron chi connectivity index (χ3n) is 3.17. The van der Waals surface area contributed by atoms with Gasteiger partial charge in [-0.1, -0.05) is 12.1 Å². The molecule has 0 saturated carbocycles. The lowest BCUT2D eigenvalue weighted by molar-refractivity contribution is -0.111. The lowest BCUT2D eigenvalue weighted by atomic mass is 10.2. The van der Waals surface area contributed by atoms with Crippen molar-refractivity contribution in [1.82, 2.24) is 0 Å². The summed E-state index contributed by atoms with van der Waals surface area (Å²) < 4.78 is 39.0. The first-order chi connectivity index (χ1) is 12.0. The van der Waals surface area contributed by atoms with Crippen LogP contribution >= 0.6 is 0 Å². The summed E-state index contributed by atoms with van der Waals surface area (Å²) in [6, 6.07) is 11.3. The van der Waals surface area contributed by atoms with Gasteiger partial charge in [0.25, 0.3) is 0 Å². The van der Waals surface area contributed by atoms with E-state index < -0.39 is 6.61 Å². The number of amides is 1. The van der Waals surface area contributed by atoms with Crippen LogP contribution in [0.15, 0.2) is 48.5 Å². The van der Waals surface area contributed by atoms with E-state index in [4.69, 9.17) is 9.47 Å². The first-order valence-corrected chi connectivity index (χ1v) is 7.28. The van der Waals surface area contributed by atoms with Gasteiger partial charge in [-0.15, -0.1) is 0 Å². The first kappa shape index (κ1) is 18.3. The van der Waals surface area contributed by atoms with Crippen LogP contribution in [-0.4, -0.2) is 26.7 Å². The zero-order valence-corrected chi connectivity index (χ0v) is 13.7. The molecule has 5 nitrogen and oxygen atoms in total. The van der Waals surface area contributed by atoms with Crippen LogP contribution in [0.25, 0.3) is 6.08 Å². The van der Waals surface area contributed by atoms with E-state index in [0.29, 0.717) is 17.0 Å². The number of halogens is 2. The second-order valence-electron chi connectivity index (χ2n) is 4.84. The minimum absolute atomic E-state index is 0.0736. The molecule has 0 radical (unpaired) electrons. The van der Waals surface area contributed by atoms with E-state index in [1.54, 1.807) is 24.3 Å². The first-order valence-electron chi connectivity index (χ1n) is 7.28. The Morgan fingerprint density at radius 1 is 1.08 bits per heavy atom. The molecule has 0 bridgehead atoms. The molecule has 0 unspecified atom stereocenters. The maximum absolute atomic E-state index is 12.3. The molecule has 0 aliphatic carbocycles. The molecule has 132 valence electrons. The van der Waals surface area contributed by atoms with E-state index >= 15 is 0 Å². The summed E-state index contributed by atoms with van der Waals surface area (Å²) in [5.74, 6) is 0.354. The molecular formula is C18H17F2NO4. The van der Waals surface area contributed by atoms with Gasteiger partial charge in [-0.25, -0.2) is 0 Å². The highest BCUT2D eigenvalue weighted by Gasteiger charge is 2.10. The number of carbonyl (C=O) groups excluding carboxylic acids is 1. The highest BCUT2D eigenvalue weighted by molar-refractivity contribution is 6.02. The van der Waals surface area contributed by atoms with E-state index in [1.165, 1.54) is 44.6 Å². The van der Waals surface area contributed by atoms with Crippen LogP contribution in [0.2, 0.25) is 0 Å². The number of ether oxygens (including phenoxy) is 3. The van der Waals surface area contributed by atoms with Gasteiger partial charge in [0.2, 0.25) is 5.91 Å². The van der Waals surface area contributed by atoms with Gasteiger partial charge in [0, 0.05) is 17.8 Å². The lowest BCUT2D eigenvalue weighted by Gasteiger charge is -2.10. The Balaban J connectivity index is 2.06. The second-order valence-corrected chi connectivity index (χ2v) is 4.84. The van der Waals surface area contributed by atoms with E-state index in [2.05, 4.69) is 10.1 Å². The minimum atomic E-state index is -2.94. The normalized spacial score (nSPS) is 10.8. The Hall–Kier alpha value is -3.09. The van der Waals surface area contributed by atoms with Gasteiger partial charge in [0.05, 0.1) is 14.2 Å². The molecule has 2 aromatic rings. The molecule has 0 aliphatic heterocycles. The van der Waals surface area contributed by atoms with Gasteiger partial charge in [-0.3, -0.25) is 4.79 Å². The van der Waals surface area contributed by atoms with Crippen molar-refractivity contribution < 1.29 is 27.8 Å². The van der Waals surface area contributed by atoms with Gasteiger partial charge < -0.3 is 19.5 Å². The fraction of sp³-hybridized carbons (Fsp3) is 0.167. The molecule has 0 fully saturated rings.